The van der Waals surface area contributed by atoms with Gasteiger partial charge in [-0.25, -0.2) is 0 Å². The molecule has 1 nitrogen and oxygen atoms in total. The van der Waals surface area contributed by atoms with Gasteiger partial charge in [0.25, 0.3) is 0 Å². The summed E-state index contributed by atoms with van der Waals surface area (Å²) in [4.78, 5) is 0. The molecule has 1 aromatic carbocycles. The summed E-state index contributed by atoms with van der Waals surface area (Å²) >= 11 is 1.84. The highest BCUT2D eigenvalue weighted by Crippen LogP contribution is 2.24. The van der Waals surface area contributed by atoms with Gasteiger partial charge in [-0.2, -0.15) is 11.8 Å². The Hall–Kier alpha value is -0.470. The monoisotopic (exact) mass is 252 g/mol. The van der Waals surface area contributed by atoms with Gasteiger partial charge in [0.05, 0.1) is 6.10 Å². The average molecular weight is 252 g/mol. The second kappa shape index (κ2) is 7.07. The molecule has 0 aliphatic rings. The molecule has 0 bridgehead atoms. The van der Waals surface area contributed by atoms with E-state index in [1.54, 1.807) is 0 Å². The molecular formula is C15H24OS. The Bertz CT molecular complexity index is 302. The Balaban J connectivity index is 2.14. The van der Waals surface area contributed by atoms with Gasteiger partial charge in [0.1, 0.15) is 0 Å². The molecule has 0 aliphatic carbocycles. The first-order valence-electron chi connectivity index (χ1n) is 6.33. The van der Waals surface area contributed by atoms with Crippen LogP contribution in [0.25, 0.3) is 0 Å². The van der Waals surface area contributed by atoms with Crippen molar-refractivity contribution in [2.75, 3.05) is 5.75 Å². The van der Waals surface area contributed by atoms with Gasteiger partial charge in [0.15, 0.2) is 0 Å². The minimum Gasteiger partial charge on any atom is -0.392 e. The molecule has 0 spiro atoms. The topological polar surface area (TPSA) is 20.2 Å². The van der Waals surface area contributed by atoms with Crippen LogP contribution in [0.2, 0.25) is 0 Å². The molecule has 96 valence electrons. The summed E-state index contributed by atoms with van der Waals surface area (Å²) < 4.78 is 0.250. The SMILES string of the molecule is CC(C)(C)SCC(O)CCCc1ccccc1. The summed E-state index contributed by atoms with van der Waals surface area (Å²) in [5, 5.41) is 9.87. The van der Waals surface area contributed by atoms with Crippen LogP contribution in [-0.4, -0.2) is 21.7 Å². The van der Waals surface area contributed by atoms with Crippen molar-refractivity contribution in [3.8, 4) is 0 Å². The normalized spacial score (nSPS) is 13.6. The molecule has 0 aliphatic heterocycles. The molecule has 0 amide bonds. The van der Waals surface area contributed by atoms with Crippen molar-refractivity contribution in [2.24, 2.45) is 0 Å². The van der Waals surface area contributed by atoms with Crippen LogP contribution in [-0.2, 0) is 6.42 Å². The van der Waals surface area contributed by atoms with E-state index >= 15 is 0 Å². The van der Waals surface area contributed by atoms with Gasteiger partial charge in [-0.05, 0) is 24.8 Å². The van der Waals surface area contributed by atoms with Crippen LogP contribution in [0, 0.1) is 0 Å². The van der Waals surface area contributed by atoms with Crippen LogP contribution in [0.5, 0.6) is 0 Å². The maximum absolute atomic E-state index is 9.87. The highest BCUT2D eigenvalue weighted by atomic mass is 32.2. The first-order valence-corrected chi connectivity index (χ1v) is 7.32. The zero-order valence-corrected chi connectivity index (χ0v) is 12.0. The quantitative estimate of drug-likeness (QED) is 0.828. The third kappa shape index (κ3) is 7.45. The molecule has 2 heteroatoms. The Labute approximate surface area is 110 Å². The molecule has 17 heavy (non-hydrogen) atoms. The van der Waals surface area contributed by atoms with E-state index in [-0.39, 0.29) is 10.9 Å². The molecule has 1 aromatic rings. The van der Waals surface area contributed by atoms with Gasteiger partial charge >= 0.3 is 0 Å². The molecular weight excluding hydrogens is 228 g/mol. The van der Waals surface area contributed by atoms with E-state index in [9.17, 15) is 5.11 Å². The summed E-state index contributed by atoms with van der Waals surface area (Å²) in [5.74, 6) is 0.846. The van der Waals surface area contributed by atoms with E-state index in [1.165, 1.54) is 5.56 Å². The summed E-state index contributed by atoms with van der Waals surface area (Å²) in [5.41, 5.74) is 1.36. The van der Waals surface area contributed by atoms with Gasteiger partial charge in [0.2, 0.25) is 0 Å². The van der Waals surface area contributed by atoms with Crippen LogP contribution < -0.4 is 0 Å². The zero-order chi connectivity index (χ0) is 12.7. The van der Waals surface area contributed by atoms with Crippen LogP contribution in [0.3, 0.4) is 0 Å². The van der Waals surface area contributed by atoms with Crippen molar-refractivity contribution in [1.29, 1.82) is 0 Å². The van der Waals surface area contributed by atoms with Crippen molar-refractivity contribution in [1.82, 2.24) is 0 Å². The minimum absolute atomic E-state index is 0.164. The van der Waals surface area contributed by atoms with Gasteiger partial charge < -0.3 is 5.11 Å². The lowest BCUT2D eigenvalue weighted by atomic mass is 10.1. The molecule has 0 aromatic heterocycles. The summed E-state index contributed by atoms with van der Waals surface area (Å²) in [7, 11) is 0. The lowest BCUT2D eigenvalue weighted by Crippen LogP contribution is -2.16. The zero-order valence-electron chi connectivity index (χ0n) is 11.1. The van der Waals surface area contributed by atoms with E-state index in [4.69, 9.17) is 0 Å². The summed E-state index contributed by atoms with van der Waals surface area (Å²) in [6.07, 6.45) is 2.87. The van der Waals surface area contributed by atoms with Crippen molar-refractivity contribution in [3.05, 3.63) is 35.9 Å². The lowest BCUT2D eigenvalue weighted by molar-refractivity contribution is 0.186. The van der Waals surface area contributed by atoms with Crippen LogP contribution in [0.4, 0.5) is 0 Å². The molecule has 0 saturated carbocycles. The van der Waals surface area contributed by atoms with Crippen LogP contribution in [0.1, 0.15) is 39.2 Å². The molecule has 1 rings (SSSR count). The predicted octanol–water partition coefficient (Wildman–Crippen LogP) is 3.90. The molecule has 0 saturated heterocycles. The lowest BCUT2D eigenvalue weighted by Gasteiger charge is -2.20. The van der Waals surface area contributed by atoms with Crippen molar-refractivity contribution >= 4 is 11.8 Å². The molecule has 1 N–H and O–H groups in total. The first kappa shape index (κ1) is 14.6. The number of aliphatic hydroxyl groups is 1. The summed E-state index contributed by atoms with van der Waals surface area (Å²) in [6, 6.07) is 10.5. The number of rotatable bonds is 6. The maximum atomic E-state index is 9.87. The fourth-order valence-corrected chi connectivity index (χ4v) is 2.48. The Morgan fingerprint density at radius 2 is 1.82 bits per heavy atom. The van der Waals surface area contributed by atoms with Crippen LogP contribution >= 0.6 is 11.8 Å². The maximum Gasteiger partial charge on any atom is 0.0630 e. The largest absolute Gasteiger partial charge is 0.392 e. The van der Waals surface area contributed by atoms with Gasteiger partial charge in [-0.15, -0.1) is 0 Å². The van der Waals surface area contributed by atoms with Crippen molar-refractivity contribution < 1.29 is 5.11 Å². The second-order valence-electron chi connectivity index (χ2n) is 5.46. The average Bonchev–Trinajstić information content (AvgIpc) is 2.27. The van der Waals surface area contributed by atoms with Crippen molar-refractivity contribution in [2.45, 2.75) is 50.9 Å². The van der Waals surface area contributed by atoms with E-state index in [0.717, 1.165) is 25.0 Å². The van der Waals surface area contributed by atoms with Gasteiger partial charge in [-0.1, -0.05) is 51.1 Å². The fraction of sp³-hybridized carbons (Fsp3) is 0.600. The molecule has 1 atom stereocenters. The Kier molecular flexibility index (Phi) is 6.07. The highest BCUT2D eigenvalue weighted by molar-refractivity contribution is 8.00. The number of hydrogen-bond acceptors (Lipinski definition) is 2. The first-order chi connectivity index (χ1) is 7.97. The smallest absolute Gasteiger partial charge is 0.0630 e. The fourth-order valence-electron chi connectivity index (χ4n) is 1.62. The molecule has 0 heterocycles. The minimum atomic E-state index is -0.164. The number of aliphatic hydroxyl groups excluding tert-OH is 1. The van der Waals surface area contributed by atoms with E-state index < -0.39 is 0 Å². The van der Waals surface area contributed by atoms with Gasteiger partial charge in [-0.3, -0.25) is 0 Å². The Morgan fingerprint density at radius 3 is 2.41 bits per heavy atom. The molecule has 1 unspecified atom stereocenters. The Morgan fingerprint density at radius 1 is 1.18 bits per heavy atom. The van der Waals surface area contributed by atoms with E-state index in [1.807, 2.05) is 17.8 Å². The van der Waals surface area contributed by atoms with E-state index in [0.29, 0.717) is 0 Å². The summed E-state index contributed by atoms with van der Waals surface area (Å²) in [6.45, 7) is 6.57. The highest BCUT2D eigenvalue weighted by Gasteiger charge is 2.13. The number of aryl methyl sites for hydroxylation is 1. The number of thioether (sulfide) groups is 1. The van der Waals surface area contributed by atoms with Crippen LogP contribution in [0.15, 0.2) is 30.3 Å². The molecule has 0 fully saturated rings. The van der Waals surface area contributed by atoms with E-state index in [2.05, 4.69) is 45.0 Å². The predicted molar refractivity (Wildman–Crippen MR) is 77.6 cm³/mol. The third-order valence-corrected chi connectivity index (χ3v) is 3.97. The second-order valence-corrected chi connectivity index (χ2v) is 7.30. The number of benzene rings is 1. The van der Waals surface area contributed by atoms with Crippen molar-refractivity contribution in [3.63, 3.8) is 0 Å². The molecule has 0 radical (unpaired) electrons. The third-order valence-electron chi connectivity index (χ3n) is 2.55. The van der Waals surface area contributed by atoms with Gasteiger partial charge in [0, 0.05) is 10.5 Å². The standard InChI is InChI=1S/C15H24OS/c1-15(2,3)17-12-14(16)11-7-10-13-8-5-4-6-9-13/h4-6,8-9,14,16H,7,10-12H2,1-3H3. The number of hydrogen-bond donors (Lipinski definition) is 1.